The van der Waals surface area contributed by atoms with E-state index in [9.17, 15) is 19.2 Å². The summed E-state index contributed by atoms with van der Waals surface area (Å²) in [7, 11) is 0. The number of ether oxygens (including phenoxy) is 2. The van der Waals surface area contributed by atoms with Crippen LogP contribution in [-0.4, -0.2) is 57.6 Å². The summed E-state index contributed by atoms with van der Waals surface area (Å²) in [6, 6.07) is 13.3. The Hall–Kier alpha value is -4.14. The lowest BCUT2D eigenvalue weighted by Gasteiger charge is -2.43. The van der Waals surface area contributed by atoms with E-state index in [4.69, 9.17) is 9.47 Å². The fraction of sp³-hybridized carbons (Fsp3) is 0.526. The van der Waals surface area contributed by atoms with Gasteiger partial charge in [0.1, 0.15) is 29.3 Å². The van der Waals surface area contributed by atoms with Gasteiger partial charge >= 0.3 is 12.1 Å². The third kappa shape index (κ3) is 12.9. The maximum Gasteiger partial charge on any atom is 0.408 e. The van der Waals surface area contributed by atoms with Gasteiger partial charge in [0.05, 0.1) is 0 Å². The molecule has 2 aromatic rings. The lowest BCUT2D eigenvalue weighted by atomic mass is 9.92. The Kier molecular flexibility index (Phi) is 13.4. The van der Waals surface area contributed by atoms with E-state index in [2.05, 4.69) is 17.2 Å². The Morgan fingerprint density at radius 1 is 0.809 bits per heavy atom. The van der Waals surface area contributed by atoms with Gasteiger partial charge in [-0.1, -0.05) is 75.0 Å². The smallest absolute Gasteiger partial charge is 0.408 e. The molecule has 0 aliphatic carbocycles. The fourth-order valence-corrected chi connectivity index (χ4v) is 5.10. The van der Waals surface area contributed by atoms with E-state index < -0.39 is 58.7 Å². The maximum absolute atomic E-state index is 14.7. The Morgan fingerprint density at radius 2 is 1.40 bits per heavy atom. The Bertz CT molecular complexity index is 1380. The van der Waals surface area contributed by atoms with Crippen molar-refractivity contribution in [3.8, 4) is 0 Å². The summed E-state index contributed by atoms with van der Waals surface area (Å²) < 4.78 is 11.2. The molecule has 9 nitrogen and oxygen atoms in total. The van der Waals surface area contributed by atoms with Crippen LogP contribution in [0, 0.1) is 5.92 Å². The molecule has 0 spiro atoms. The number of benzene rings is 2. The van der Waals surface area contributed by atoms with E-state index in [1.54, 1.807) is 65.8 Å². The summed E-state index contributed by atoms with van der Waals surface area (Å²) in [5, 5.41) is 5.71. The number of amides is 3. The van der Waals surface area contributed by atoms with Crippen LogP contribution in [0.3, 0.4) is 0 Å². The van der Waals surface area contributed by atoms with E-state index in [0.717, 1.165) is 11.1 Å². The molecule has 2 rings (SSSR count). The van der Waals surface area contributed by atoms with Gasteiger partial charge in [0, 0.05) is 12.0 Å². The zero-order chi connectivity index (χ0) is 35.7. The number of nitrogens with zero attached hydrogens (tertiary/aromatic N) is 1. The first-order chi connectivity index (χ1) is 21.6. The molecule has 47 heavy (non-hydrogen) atoms. The molecular formula is C38H55N3O6. The zero-order valence-corrected chi connectivity index (χ0v) is 30.1. The average molecular weight is 650 g/mol. The minimum Gasteiger partial charge on any atom is -0.458 e. The molecule has 3 unspecified atom stereocenters. The molecule has 0 aromatic heterocycles. The van der Waals surface area contributed by atoms with Gasteiger partial charge in [0.15, 0.2) is 0 Å². The highest BCUT2D eigenvalue weighted by molar-refractivity contribution is 5.94. The van der Waals surface area contributed by atoms with Crippen molar-refractivity contribution in [2.24, 2.45) is 5.92 Å². The fourth-order valence-electron chi connectivity index (χ4n) is 5.10. The van der Waals surface area contributed by atoms with E-state index >= 15 is 0 Å². The van der Waals surface area contributed by atoms with Gasteiger partial charge in [-0.25, -0.2) is 9.59 Å². The highest BCUT2D eigenvalue weighted by Crippen LogP contribution is 2.32. The summed E-state index contributed by atoms with van der Waals surface area (Å²) >= 11 is 0. The third-order valence-electron chi connectivity index (χ3n) is 6.92. The summed E-state index contributed by atoms with van der Waals surface area (Å²) in [5.41, 5.74) is -0.376. The van der Waals surface area contributed by atoms with Crippen LogP contribution in [0.5, 0.6) is 0 Å². The van der Waals surface area contributed by atoms with Crippen LogP contribution in [0.15, 0.2) is 61.2 Å². The number of carbonyl (C=O) groups excluding carboxylic acids is 4. The molecule has 9 heteroatoms. The van der Waals surface area contributed by atoms with Gasteiger partial charge in [0.25, 0.3) is 0 Å². The molecule has 0 saturated carbocycles. The van der Waals surface area contributed by atoms with Crippen molar-refractivity contribution in [3.05, 3.63) is 77.9 Å². The van der Waals surface area contributed by atoms with Crippen LogP contribution in [0.4, 0.5) is 4.79 Å². The van der Waals surface area contributed by atoms with Crippen molar-refractivity contribution in [1.29, 1.82) is 0 Å². The number of hydrogen-bond donors (Lipinski definition) is 2. The van der Waals surface area contributed by atoms with Crippen LogP contribution < -0.4 is 10.6 Å². The first-order valence-corrected chi connectivity index (χ1v) is 16.2. The maximum atomic E-state index is 14.7. The van der Waals surface area contributed by atoms with Crippen LogP contribution in [0.2, 0.25) is 0 Å². The molecule has 0 fully saturated rings. The summed E-state index contributed by atoms with van der Waals surface area (Å²) in [6.45, 7) is 23.8. The number of nitrogens with one attached hydrogen (secondary N) is 2. The summed E-state index contributed by atoms with van der Waals surface area (Å²) in [5.74, 6) is -1.59. The molecule has 2 N–H and O–H groups in total. The summed E-state index contributed by atoms with van der Waals surface area (Å²) in [4.78, 5) is 57.2. The van der Waals surface area contributed by atoms with Gasteiger partial charge < -0.3 is 25.0 Å². The predicted octanol–water partition coefficient (Wildman–Crippen LogP) is 7.01. The molecule has 0 bridgehead atoms. The SMILES string of the molecule is C=Cc1cccc(C(C(=O)NC(Cc2ccccc2)C(=O)OC(C)(C)C)N(C(=O)C(CC(C)C)NC(=O)OC(C)(C)C)C(C)(C)C)c1. The van der Waals surface area contributed by atoms with Gasteiger partial charge in [0.2, 0.25) is 11.8 Å². The molecule has 0 radical (unpaired) electrons. The topological polar surface area (TPSA) is 114 Å². The van der Waals surface area contributed by atoms with E-state index in [0.29, 0.717) is 12.0 Å². The van der Waals surface area contributed by atoms with Gasteiger partial charge in [-0.2, -0.15) is 0 Å². The second-order valence-corrected chi connectivity index (χ2v) is 15.3. The molecule has 0 aliphatic heterocycles. The predicted molar refractivity (Wildman–Crippen MR) is 186 cm³/mol. The van der Waals surface area contributed by atoms with Crippen molar-refractivity contribution in [1.82, 2.24) is 15.5 Å². The second kappa shape index (κ2) is 16.1. The second-order valence-electron chi connectivity index (χ2n) is 15.3. The quantitative estimate of drug-likeness (QED) is 0.239. The lowest BCUT2D eigenvalue weighted by molar-refractivity contribution is -0.159. The molecule has 0 heterocycles. The van der Waals surface area contributed by atoms with Crippen molar-refractivity contribution < 1.29 is 28.7 Å². The van der Waals surface area contributed by atoms with Crippen LogP contribution in [0.25, 0.3) is 6.08 Å². The van der Waals surface area contributed by atoms with Crippen LogP contribution in [0.1, 0.15) is 105 Å². The van der Waals surface area contributed by atoms with Crippen molar-refractivity contribution in [2.75, 3.05) is 0 Å². The number of hydrogen-bond acceptors (Lipinski definition) is 6. The van der Waals surface area contributed by atoms with Crippen molar-refractivity contribution >= 4 is 30.0 Å². The molecule has 0 aliphatic rings. The van der Waals surface area contributed by atoms with Gasteiger partial charge in [-0.15, -0.1) is 0 Å². The van der Waals surface area contributed by atoms with Gasteiger partial charge in [-0.05, 0) is 97.4 Å². The van der Waals surface area contributed by atoms with E-state index in [1.807, 2.05) is 71.0 Å². The molecule has 3 atom stereocenters. The Balaban J connectivity index is 2.70. The first-order valence-electron chi connectivity index (χ1n) is 16.2. The first kappa shape index (κ1) is 39.0. The highest BCUT2D eigenvalue weighted by Gasteiger charge is 2.43. The van der Waals surface area contributed by atoms with E-state index in [-0.39, 0.29) is 12.3 Å². The molecular weight excluding hydrogens is 594 g/mol. The Labute approximate surface area is 281 Å². The van der Waals surface area contributed by atoms with Crippen LogP contribution >= 0.6 is 0 Å². The summed E-state index contributed by atoms with van der Waals surface area (Å²) in [6.07, 6.45) is 1.42. The minimum absolute atomic E-state index is 0.0273. The van der Waals surface area contributed by atoms with Crippen molar-refractivity contribution in [2.45, 2.75) is 124 Å². The molecule has 0 saturated heterocycles. The number of alkyl carbamates (subject to hydrolysis) is 1. The normalized spacial score (nSPS) is 14.0. The lowest BCUT2D eigenvalue weighted by Crippen LogP contribution is -2.60. The third-order valence-corrected chi connectivity index (χ3v) is 6.92. The van der Waals surface area contributed by atoms with Crippen molar-refractivity contribution in [3.63, 3.8) is 0 Å². The number of esters is 1. The largest absolute Gasteiger partial charge is 0.458 e. The monoisotopic (exact) mass is 649 g/mol. The molecule has 2 aromatic carbocycles. The minimum atomic E-state index is -1.18. The standard InChI is InChI=1S/C38H55N3O6/c1-13-26-20-17-21-28(23-26)31(32(42)39-30(34(44)46-37(7,8)9)24-27-18-15-14-16-19-27)41(36(4,5)6)33(43)29(22-25(2)3)40-35(45)47-38(10,11)12/h13-21,23,25,29-31H,1,22,24H2,2-12H3,(H,39,42)(H,40,45). The number of carbonyl (C=O) groups is 4. The van der Waals surface area contributed by atoms with Crippen LogP contribution in [-0.2, 0) is 30.3 Å². The zero-order valence-electron chi connectivity index (χ0n) is 30.1. The number of rotatable bonds is 12. The highest BCUT2D eigenvalue weighted by atomic mass is 16.6. The Morgan fingerprint density at radius 3 is 1.91 bits per heavy atom. The average Bonchev–Trinajstić information content (AvgIpc) is 2.92. The molecule has 258 valence electrons. The van der Waals surface area contributed by atoms with E-state index in [1.165, 1.54) is 4.90 Å². The molecule has 3 amide bonds. The van der Waals surface area contributed by atoms with Gasteiger partial charge in [-0.3, -0.25) is 9.59 Å².